The summed E-state index contributed by atoms with van der Waals surface area (Å²) in [5.74, 6) is -0.271. The minimum absolute atomic E-state index is 0.0465. The number of nitrogens with two attached hydrogens (primary N) is 1. The van der Waals surface area contributed by atoms with Gasteiger partial charge in [0.05, 0.1) is 0 Å². The van der Waals surface area contributed by atoms with Crippen LogP contribution in [0.2, 0.25) is 0 Å². The monoisotopic (exact) mass is 276 g/mol. The number of rotatable bonds is 5. The van der Waals surface area contributed by atoms with Gasteiger partial charge >= 0.3 is 0 Å². The number of hydrogen-bond acceptors (Lipinski definition) is 4. The number of nitrogens with one attached hydrogen (secondary N) is 1. The zero-order valence-corrected chi connectivity index (χ0v) is 10.9. The van der Waals surface area contributed by atoms with E-state index in [1.165, 1.54) is 12.5 Å². The van der Waals surface area contributed by atoms with Crippen LogP contribution in [0.4, 0.5) is 0 Å². The number of allylic oxidation sites excluding steroid dienone is 4. The molecule has 0 radical (unpaired) electrons. The third-order valence-corrected chi connectivity index (χ3v) is 2.80. The Morgan fingerprint density at radius 2 is 2.15 bits per heavy atom. The van der Waals surface area contributed by atoms with E-state index >= 15 is 0 Å². The summed E-state index contributed by atoms with van der Waals surface area (Å²) in [5, 5.41) is 2.51. The molecule has 0 aromatic heterocycles. The number of primary amides is 1. The molecule has 3 N–H and O–H groups in total. The lowest BCUT2D eigenvalue weighted by Gasteiger charge is -2.17. The smallest absolute Gasteiger partial charge is 0.290 e. The SMILES string of the molecule is NC(=O)CCNC(=O)C1=COC(C2=CC=CCC2)=CO1. The molecule has 20 heavy (non-hydrogen) atoms. The Bertz CT molecular complexity index is 529. The van der Waals surface area contributed by atoms with E-state index in [1.54, 1.807) is 0 Å². The molecule has 1 heterocycles. The molecule has 2 rings (SSSR count). The van der Waals surface area contributed by atoms with Gasteiger partial charge in [-0.2, -0.15) is 0 Å². The van der Waals surface area contributed by atoms with Gasteiger partial charge in [-0.3, -0.25) is 9.59 Å². The van der Waals surface area contributed by atoms with Crippen LogP contribution in [0, 0.1) is 0 Å². The van der Waals surface area contributed by atoms with E-state index in [0.717, 1.165) is 18.4 Å². The predicted octanol–water partition coefficient (Wildman–Crippen LogP) is 0.984. The normalized spacial score (nSPS) is 17.1. The van der Waals surface area contributed by atoms with Crippen molar-refractivity contribution >= 4 is 11.8 Å². The lowest BCUT2D eigenvalue weighted by atomic mass is 10.0. The summed E-state index contributed by atoms with van der Waals surface area (Å²) >= 11 is 0. The lowest BCUT2D eigenvalue weighted by Crippen LogP contribution is -2.30. The van der Waals surface area contributed by atoms with E-state index in [0.29, 0.717) is 5.76 Å². The molecule has 2 aliphatic rings. The summed E-state index contributed by atoms with van der Waals surface area (Å²) in [4.78, 5) is 22.2. The van der Waals surface area contributed by atoms with Crippen LogP contribution in [-0.2, 0) is 19.1 Å². The Hall–Kier alpha value is -2.50. The second kappa shape index (κ2) is 6.60. The first-order chi connectivity index (χ1) is 9.66. The van der Waals surface area contributed by atoms with Crippen molar-refractivity contribution in [1.82, 2.24) is 5.32 Å². The average molecular weight is 276 g/mol. The van der Waals surface area contributed by atoms with Crippen LogP contribution < -0.4 is 11.1 Å². The molecule has 0 unspecified atom stereocenters. The second-order valence-corrected chi connectivity index (χ2v) is 4.33. The minimum Gasteiger partial charge on any atom is -0.457 e. The highest BCUT2D eigenvalue weighted by Crippen LogP contribution is 2.24. The third-order valence-electron chi connectivity index (χ3n) is 2.80. The minimum atomic E-state index is -0.473. The Balaban J connectivity index is 1.84. The van der Waals surface area contributed by atoms with E-state index in [9.17, 15) is 9.59 Å². The van der Waals surface area contributed by atoms with E-state index < -0.39 is 11.8 Å². The fourth-order valence-electron chi connectivity index (χ4n) is 1.74. The Morgan fingerprint density at radius 1 is 1.30 bits per heavy atom. The summed E-state index contributed by atoms with van der Waals surface area (Å²) in [6, 6.07) is 0. The topological polar surface area (TPSA) is 90.7 Å². The maximum Gasteiger partial charge on any atom is 0.290 e. The lowest BCUT2D eigenvalue weighted by molar-refractivity contribution is -0.121. The van der Waals surface area contributed by atoms with Gasteiger partial charge in [0.25, 0.3) is 5.91 Å². The Labute approximate surface area is 116 Å². The molecule has 0 atom stereocenters. The molecule has 0 aromatic carbocycles. The zero-order chi connectivity index (χ0) is 14.4. The molecule has 106 valence electrons. The highest BCUT2D eigenvalue weighted by molar-refractivity contribution is 5.91. The van der Waals surface area contributed by atoms with Crippen molar-refractivity contribution in [3.05, 3.63) is 47.8 Å². The molecule has 1 aliphatic heterocycles. The summed E-state index contributed by atoms with van der Waals surface area (Å²) in [6.45, 7) is 0.168. The van der Waals surface area contributed by atoms with Gasteiger partial charge in [-0.25, -0.2) is 0 Å². The number of carbonyl (C=O) groups excluding carboxylic acids is 2. The van der Waals surface area contributed by atoms with Crippen LogP contribution in [0.15, 0.2) is 47.8 Å². The molecule has 2 amide bonds. The molecular weight excluding hydrogens is 260 g/mol. The molecule has 6 heteroatoms. The molecule has 0 saturated carbocycles. The standard InChI is InChI=1S/C14H16N2O4/c15-13(17)6-7-16-14(18)12-9-19-11(8-20-12)10-4-2-1-3-5-10/h1-2,4,8-9H,3,5-7H2,(H2,15,17)(H,16,18). The first kappa shape index (κ1) is 13.9. The van der Waals surface area contributed by atoms with Gasteiger partial charge in [-0.05, 0) is 18.4 Å². The van der Waals surface area contributed by atoms with Crippen molar-refractivity contribution in [2.24, 2.45) is 5.73 Å². The van der Waals surface area contributed by atoms with Gasteiger partial charge in [-0.1, -0.05) is 18.2 Å². The molecule has 0 aromatic rings. The van der Waals surface area contributed by atoms with Crippen LogP contribution in [-0.4, -0.2) is 18.4 Å². The summed E-state index contributed by atoms with van der Waals surface area (Å²) in [5.41, 5.74) is 6.00. The van der Waals surface area contributed by atoms with Crippen molar-refractivity contribution in [2.45, 2.75) is 19.3 Å². The first-order valence-electron chi connectivity index (χ1n) is 6.33. The van der Waals surface area contributed by atoms with Crippen LogP contribution in [0.25, 0.3) is 0 Å². The first-order valence-corrected chi connectivity index (χ1v) is 6.33. The highest BCUT2D eigenvalue weighted by atomic mass is 16.5. The summed E-state index contributed by atoms with van der Waals surface area (Å²) in [7, 11) is 0. The Kier molecular flexibility index (Phi) is 4.60. The molecule has 0 fully saturated rings. The van der Waals surface area contributed by atoms with E-state index in [4.69, 9.17) is 15.2 Å². The molecule has 0 bridgehead atoms. The van der Waals surface area contributed by atoms with Crippen LogP contribution in [0.3, 0.4) is 0 Å². The maximum absolute atomic E-state index is 11.7. The molecule has 0 spiro atoms. The van der Waals surface area contributed by atoms with Crippen molar-refractivity contribution in [1.29, 1.82) is 0 Å². The quantitative estimate of drug-likeness (QED) is 0.783. The Morgan fingerprint density at radius 3 is 2.75 bits per heavy atom. The molecule has 0 saturated heterocycles. The van der Waals surface area contributed by atoms with Gasteiger partial charge in [-0.15, -0.1) is 0 Å². The predicted molar refractivity (Wildman–Crippen MR) is 71.6 cm³/mol. The maximum atomic E-state index is 11.7. The van der Waals surface area contributed by atoms with Gasteiger partial charge in [0.15, 0.2) is 5.76 Å². The van der Waals surface area contributed by atoms with E-state index in [2.05, 4.69) is 11.4 Å². The van der Waals surface area contributed by atoms with E-state index in [-0.39, 0.29) is 18.7 Å². The average Bonchev–Trinajstić information content (AvgIpc) is 2.48. The number of carbonyl (C=O) groups is 2. The van der Waals surface area contributed by atoms with Crippen LogP contribution in [0.1, 0.15) is 19.3 Å². The summed E-state index contributed by atoms with van der Waals surface area (Å²) in [6.07, 6.45) is 10.6. The molecule has 1 aliphatic carbocycles. The van der Waals surface area contributed by atoms with Crippen LogP contribution in [0.5, 0.6) is 0 Å². The third kappa shape index (κ3) is 3.74. The highest BCUT2D eigenvalue weighted by Gasteiger charge is 2.18. The number of hydrogen-bond donors (Lipinski definition) is 2. The van der Waals surface area contributed by atoms with Crippen molar-refractivity contribution in [2.75, 3.05) is 6.54 Å². The molecular formula is C14H16N2O4. The zero-order valence-electron chi connectivity index (χ0n) is 10.9. The number of amides is 2. The summed E-state index contributed by atoms with van der Waals surface area (Å²) < 4.78 is 10.6. The van der Waals surface area contributed by atoms with E-state index in [1.807, 2.05) is 12.2 Å². The number of ether oxygens (including phenoxy) is 2. The van der Waals surface area contributed by atoms with Gasteiger partial charge in [0, 0.05) is 13.0 Å². The largest absolute Gasteiger partial charge is 0.457 e. The van der Waals surface area contributed by atoms with Crippen LogP contribution >= 0.6 is 0 Å². The van der Waals surface area contributed by atoms with Crippen molar-refractivity contribution in [3.8, 4) is 0 Å². The van der Waals surface area contributed by atoms with Gasteiger partial charge in [0.2, 0.25) is 11.7 Å². The molecule has 6 nitrogen and oxygen atoms in total. The van der Waals surface area contributed by atoms with Crippen molar-refractivity contribution in [3.63, 3.8) is 0 Å². The van der Waals surface area contributed by atoms with Gasteiger partial charge < -0.3 is 20.5 Å². The second-order valence-electron chi connectivity index (χ2n) is 4.33. The fraction of sp³-hybridized carbons (Fsp3) is 0.286. The van der Waals surface area contributed by atoms with Crippen molar-refractivity contribution < 1.29 is 19.1 Å². The fourth-order valence-corrected chi connectivity index (χ4v) is 1.74. The van der Waals surface area contributed by atoms with Gasteiger partial charge in [0.1, 0.15) is 12.5 Å².